The van der Waals surface area contributed by atoms with Gasteiger partial charge in [-0.25, -0.2) is 0 Å². The lowest BCUT2D eigenvalue weighted by Crippen LogP contribution is -1.88. The van der Waals surface area contributed by atoms with Crippen molar-refractivity contribution in [1.82, 2.24) is 0 Å². The van der Waals surface area contributed by atoms with Crippen molar-refractivity contribution in [3.8, 4) is 11.5 Å². The van der Waals surface area contributed by atoms with Gasteiger partial charge < -0.3 is 9.84 Å². The van der Waals surface area contributed by atoms with Crippen molar-refractivity contribution in [3.63, 3.8) is 0 Å². The zero-order valence-electron chi connectivity index (χ0n) is 7.29. The highest BCUT2D eigenvalue weighted by atomic mass is 16.5. The first-order valence-corrected chi connectivity index (χ1v) is 3.73. The summed E-state index contributed by atoms with van der Waals surface area (Å²) in [5.41, 5.74) is 2.03. The van der Waals surface area contributed by atoms with Crippen LogP contribution in [0.4, 0.5) is 0 Å². The summed E-state index contributed by atoms with van der Waals surface area (Å²) >= 11 is 0. The Balaban J connectivity index is 3.22. The van der Waals surface area contributed by atoms with Crippen molar-refractivity contribution in [1.29, 1.82) is 0 Å². The molecule has 0 aliphatic carbocycles. The largest absolute Gasteiger partial charge is 0.504 e. The summed E-state index contributed by atoms with van der Waals surface area (Å²) in [6, 6.07) is 3.46. The lowest BCUT2D eigenvalue weighted by Gasteiger charge is -2.08. The first-order valence-electron chi connectivity index (χ1n) is 3.73. The minimum Gasteiger partial charge on any atom is -0.504 e. The fourth-order valence-electron chi connectivity index (χ4n) is 1.01. The van der Waals surface area contributed by atoms with E-state index in [0.29, 0.717) is 5.75 Å². The molecule has 0 saturated carbocycles. The molecule has 2 nitrogen and oxygen atoms in total. The number of hydrogen-bond donors (Lipinski definition) is 1. The van der Waals surface area contributed by atoms with E-state index >= 15 is 0 Å². The normalized spacial score (nSPS) is 9.50. The number of ether oxygens (including phenoxy) is 1. The number of benzene rings is 1. The van der Waals surface area contributed by atoms with Crippen LogP contribution in [0, 0.1) is 13.8 Å². The molecule has 0 aliphatic heterocycles. The van der Waals surface area contributed by atoms with E-state index in [9.17, 15) is 5.11 Å². The van der Waals surface area contributed by atoms with Crippen LogP contribution in [0.1, 0.15) is 11.1 Å². The Morgan fingerprint density at radius 3 is 2.67 bits per heavy atom. The Bertz CT molecular complexity index is 303. The standard InChI is InChI=1S/C10H12O2/c1-4-12-10-8(3)7(2)5-6-9(10)11/h4-6,11H,1H2,2-3H3. The van der Waals surface area contributed by atoms with Crippen LogP contribution >= 0.6 is 0 Å². The quantitative estimate of drug-likeness (QED) is 0.680. The Morgan fingerprint density at radius 2 is 2.08 bits per heavy atom. The fraction of sp³-hybridized carbons (Fsp3) is 0.200. The average molecular weight is 164 g/mol. The minimum absolute atomic E-state index is 0.151. The van der Waals surface area contributed by atoms with Crippen LogP contribution in [0.25, 0.3) is 0 Å². The van der Waals surface area contributed by atoms with Gasteiger partial charge in [0, 0.05) is 0 Å². The molecular weight excluding hydrogens is 152 g/mol. The molecule has 1 aromatic carbocycles. The molecule has 0 unspecified atom stereocenters. The zero-order valence-corrected chi connectivity index (χ0v) is 7.29. The topological polar surface area (TPSA) is 29.5 Å². The first-order chi connectivity index (χ1) is 5.66. The number of hydrogen-bond acceptors (Lipinski definition) is 2. The SMILES string of the molecule is C=COc1c(O)ccc(C)c1C. The molecule has 0 fully saturated rings. The van der Waals surface area contributed by atoms with E-state index in [4.69, 9.17) is 4.74 Å². The fourth-order valence-corrected chi connectivity index (χ4v) is 1.01. The monoisotopic (exact) mass is 164 g/mol. The van der Waals surface area contributed by atoms with Gasteiger partial charge in [-0.3, -0.25) is 0 Å². The molecule has 0 radical (unpaired) electrons. The summed E-state index contributed by atoms with van der Waals surface area (Å²) in [6.45, 7) is 7.29. The van der Waals surface area contributed by atoms with Gasteiger partial charge >= 0.3 is 0 Å². The van der Waals surface area contributed by atoms with Crippen LogP contribution in [-0.4, -0.2) is 5.11 Å². The zero-order chi connectivity index (χ0) is 9.14. The van der Waals surface area contributed by atoms with E-state index in [0.717, 1.165) is 11.1 Å². The van der Waals surface area contributed by atoms with E-state index in [1.165, 1.54) is 6.26 Å². The van der Waals surface area contributed by atoms with Crippen LogP contribution in [0.15, 0.2) is 25.0 Å². The number of aryl methyl sites for hydroxylation is 1. The number of rotatable bonds is 2. The molecule has 0 aromatic heterocycles. The molecule has 0 spiro atoms. The summed E-state index contributed by atoms with van der Waals surface area (Å²) in [7, 11) is 0. The molecule has 0 heterocycles. The van der Waals surface area contributed by atoms with E-state index in [2.05, 4.69) is 6.58 Å². The summed E-state index contributed by atoms with van der Waals surface area (Å²) < 4.78 is 5.06. The highest BCUT2D eigenvalue weighted by Gasteiger charge is 2.06. The summed E-state index contributed by atoms with van der Waals surface area (Å²) in [4.78, 5) is 0. The van der Waals surface area contributed by atoms with Crippen molar-refractivity contribution >= 4 is 0 Å². The Labute approximate surface area is 72.1 Å². The van der Waals surface area contributed by atoms with E-state index < -0.39 is 0 Å². The second-order valence-corrected chi connectivity index (χ2v) is 2.64. The highest BCUT2D eigenvalue weighted by Crippen LogP contribution is 2.31. The van der Waals surface area contributed by atoms with Crippen molar-refractivity contribution in [2.45, 2.75) is 13.8 Å². The van der Waals surface area contributed by atoms with Crippen molar-refractivity contribution < 1.29 is 9.84 Å². The molecule has 0 aliphatic rings. The van der Waals surface area contributed by atoms with E-state index in [-0.39, 0.29) is 5.75 Å². The Morgan fingerprint density at radius 1 is 1.42 bits per heavy atom. The minimum atomic E-state index is 0.151. The second kappa shape index (κ2) is 3.30. The highest BCUT2D eigenvalue weighted by molar-refractivity contribution is 5.49. The molecule has 2 heteroatoms. The molecule has 1 N–H and O–H groups in total. The maximum atomic E-state index is 9.37. The molecule has 0 amide bonds. The van der Waals surface area contributed by atoms with Gasteiger partial charge in [-0.2, -0.15) is 0 Å². The lowest BCUT2D eigenvalue weighted by atomic mass is 10.1. The number of phenolic OH excluding ortho intramolecular Hbond substituents is 1. The van der Waals surface area contributed by atoms with E-state index in [1.807, 2.05) is 19.9 Å². The van der Waals surface area contributed by atoms with E-state index in [1.54, 1.807) is 6.07 Å². The van der Waals surface area contributed by atoms with Gasteiger partial charge in [-0.1, -0.05) is 12.6 Å². The molecule has 0 bridgehead atoms. The summed E-state index contributed by atoms with van der Waals surface area (Å²) in [5.74, 6) is 0.642. The molecule has 12 heavy (non-hydrogen) atoms. The van der Waals surface area contributed by atoms with Gasteiger partial charge in [0.1, 0.15) is 0 Å². The van der Waals surface area contributed by atoms with Gasteiger partial charge in [0.2, 0.25) is 0 Å². The third-order valence-corrected chi connectivity index (χ3v) is 1.86. The summed E-state index contributed by atoms with van der Waals surface area (Å²) in [5, 5.41) is 9.37. The predicted octanol–water partition coefficient (Wildman–Crippen LogP) is 2.53. The number of phenols is 1. The van der Waals surface area contributed by atoms with Gasteiger partial charge in [-0.05, 0) is 31.0 Å². The maximum absolute atomic E-state index is 9.37. The van der Waals surface area contributed by atoms with Gasteiger partial charge in [0.25, 0.3) is 0 Å². The molecule has 0 saturated heterocycles. The van der Waals surface area contributed by atoms with Crippen LogP contribution in [-0.2, 0) is 0 Å². The molecule has 1 aromatic rings. The average Bonchev–Trinajstić information content (AvgIpc) is 2.06. The van der Waals surface area contributed by atoms with Crippen LogP contribution in [0.3, 0.4) is 0 Å². The maximum Gasteiger partial charge on any atom is 0.171 e. The second-order valence-electron chi connectivity index (χ2n) is 2.64. The van der Waals surface area contributed by atoms with Crippen molar-refractivity contribution in [3.05, 3.63) is 36.1 Å². The molecule has 1 rings (SSSR count). The Kier molecular flexibility index (Phi) is 2.38. The van der Waals surface area contributed by atoms with Crippen LogP contribution in [0.2, 0.25) is 0 Å². The van der Waals surface area contributed by atoms with Crippen LogP contribution < -0.4 is 4.74 Å². The molecule has 64 valence electrons. The first kappa shape index (κ1) is 8.65. The van der Waals surface area contributed by atoms with Gasteiger partial charge in [0.15, 0.2) is 11.5 Å². The van der Waals surface area contributed by atoms with Crippen molar-refractivity contribution in [2.75, 3.05) is 0 Å². The van der Waals surface area contributed by atoms with Crippen LogP contribution in [0.5, 0.6) is 11.5 Å². The third-order valence-electron chi connectivity index (χ3n) is 1.86. The number of aromatic hydroxyl groups is 1. The predicted molar refractivity (Wildman–Crippen MR) is 48.4 cm³/mol. The summed E-state index contributed by atoms with van der Waals surface area (Å²) in [6.07, 6.45) is 1.31. The van der Waals surface area contributed by atoms with Gasteiger partial charge in [-0.15, -0.1) is 0 Å². The van der Waals surface area contributed by atoms with Gasteiger partial charge in [0.05, 0.1) is 6.26 Å². The lowest BCUT2D eigenvalue weighted by molar-refractivity contribution is 0.408. The molecule has 0 atom stereocenters. The smallest absolute Gasteiger partial charge is 0.171 e. The molecular formula is C10H12O2. The third kappa shape index (κ3) is 1.42. The van der Waals surface area contributed by atoms with Crippen molar-refractivity contribution in [2.24, 2.45) is 0 Å². The Hall–Kier alpha value is -1.44.